The van der Waals surface area contributed by atoms with E-state index in [9.17, 15) is 15.3 Å². The number of aliphatic hydroxyl groups excluding tert-OH is 3. The van der Waals surface area contributed by atoms with E-state index < -0.39 is 12.2 Å². The van der Waals surface area contributed by atoms with Crippen LogP contribution in [-0.4, -0.2) is 96.3 Å². The molecule has 0 fully saturated rings. The van der Waals surface area contributed by atoms with Crippen molar-refractivity contribution in [3.8, 4) is 0 Å². The summed E-state index contributed by atoms with van der Waals surface area (Å²) in [7, 11) is 2.13. The van der Waals surface area contributed by atoms with Crippen molar-refractivity contribution in [3.63, 3.8) is 0 Å². The number of aliphatic hydroxyl groups is 3. The molecule has 0 aromatic heterocycles. The minimum atomic E-state index is -0.422. The quantitative estimate of drug-likeness (QED) is 0.0365. The zero-order chi connectivity index (χ0) is 41.0. The fourth-order valence-corrected chi connectivity index (χ4v) is 6.55. The van der Waals surface area contributed by atoms with Crippen LogP contribution in [0.5, 0.6) is 0 Å². The van der Waals surface area contributed by atoms with Crippen LogP contribution in [0.4, 0.5) is 0 Å². The van der Waals surface area contributed by atoms with E-state index in [2.05, 4.69) is 116 Å². The van der Waals surface area contributed by atoms with Crippen molar-refractivity contribution in [1.82, 2.24) is 15.1 Å². The Labute approximate surface area is 348 Å². The highest BCUT2D eigenvalue weighted by Gasteiger charge is 2.16. The average molecular weight is 784 g/mol. The first-order valence-electron chi connectivity index (χ1n) is 23.5. The Balaban J connectivity index is 4.59. The number of hydrogen-bond acceptors (Lipinski definition) is 6. The molecule has 0 radical (unpaired) electrons. The van der Waals surface area contributed by atoms with Crippen LogP contribution in [0.15, 0.2) is 72.9 Å². The molecule has 0 amide bonds. The molecule has 3 atom stereocenters. The van der Waals surface area contributed by atoms with E-state index in [0.29, 0.717) is 19.6 Å². The second-order valence-corrected chi connectivity index (χ2v) is 16.0. The van der Waals surface area contributed by atoms with Crippen LogP contribution < -0.4 is 5.32 Å². The maximum atomic E-state index is 11.0. The van der Waals surface area contributed by atoms with E-state index in [0.717, 1.165) is 84.0 Å². The van der Waals surface area contributed by atoms with Crippen LogP contribution >= 0.6 is 0 Å². The lowest BCUT2D eigenvalue weighted by molar-refractivity contribution is 0.0590. The molecule has 0 aliphatic carbocycles. The molecule has 0 aliphatic rings. The van der Waals surface area contributed by atoms with Gasteiger partial charge in [0.2, 0.25) is 0 Å². The van der Waals surface area contributed by atoms with E-state index in [1.54, 1.807) is 0 Å². The van der Waals surface area contributed by atoms with Gasteiger partial charge in [-0.15, -0.1) is 0 Å². The highest BCUT2D eigenvalue weighted by molar-refractivity contribution is 4.95. The molecule has 56 heavy (non-hydrogen) atoms. The number of nitrogens with one attached hydrogen (secondary N) is 1. The number of hydrogen-bond donors (Lipinski definition) is 4. The maximum absolute atomic E-state index is 11.0. The van der Waals surface area contributed by atoms with Crippen LogP contribution in [0.1, 0.15) is 175 Å². The third kappa shape index (κ3) is 41.8. The molecule has 0 heterocycles. The van der Waals surface area contributed by atoms with Crippen molar-refractivity contribution in [3.05, 3.63) is 72.9 Å². The minimum Gasteiger partial charge on any atom is -0.392 e. The highest BCUT2D eigenvalue weighted by atomic mass is 16.3. The second-order valence-electron chi connectivity index (χ2n) is 16.0. The van der Waals surface area contributed by atoms with Crippen molar-refractivity contribution in [2.45, 2.75) is 193 Å². The molecule has 0 aromatic carbocycles. The Morgan fingerprint density at radius 1 is 0.429 bits per heavy atom. The number of rotatable bonds is 42. The predicted molar refractivity (Wildman–Crippen MR) is 247 cm³/mol. The van der Waals surface area contributed by atoms with Gasteiger partial charge in [-0.3, -0.25) is 4.90 Å². The molecule has 3 unspecified atom stereocenters. The van der Waals surface area contributed by atoms with Gasteiger partial charge in [0.15, 0.2) is 0 Å². The molecule has 326 valence electrons. The molecule has 0 aromatic rings. The molecule has 0 spiro atoms. The first-order valence-corrected chi connectivity index (χ1v) is 23.5. The van der Waals surface area contributed by atoms with E-state index in [4.69, 9.17) is 0 Å². The Hall–Kier alpha value is -1.80. The summed E-state index contributed by atoms with van der Waals surface area (Å²) in [6, 6.07) is 0. The number of allylic oxidation sites excluding steroid dienone is 12. The number of nitrogens with zero attached hydrogens (tertiary/aromatic N) is 2. The first kappa shape index (κ1) is 54.2. The monoisotopic (exact) mass is 784 g/mol. The summed E-state index contributed by atoms with van der Waals surface area (Å²) in [5, 5.41) is 35.8. The van der Waals surface area contributed by atoms with Crippen molar-refractivity contribution >= 4 is 0 Å². The van der Waals surface area contributed by atoms with Gasteiger partial charge in [-0.1, -0.05) is 151 Å². The molecule has 4 N–H and O–H groups in total. The third-order valence-electron chi connectivity index (χ3n) is 10.3. The summed E-state index contributed by atoms with van der Waals surface area (Å²) in [6.45, 7) is 11.9. The molecule has 0 saturated carbocycles. The molecule has 0 aliphatic heterocycles. The maximum Gasteiger partial charge on any atom is 0.0670 e. The minimum absolute atomic E-state index is 0.337. The zero-order valence-corrected chi connectivity index (χ0v) is 37.3. The summed E-state index contributed by atoms with van der Waals surface area (Å²) < 4.78 is 0. The summed E-state index contributed by atoms with van der Waals surface area (Å²) in [5.41, 5.74) is 0. The van der Waals surface area contributed by atoms with Crippen molar-refractivity contribution in [2.75, 3.05) is 52.9 Å². The van der Waals surface area contributed by atoms with Gasteiger partial charge in [-0.2, -0.15) is 0 Å². The summed E-state index contributed by atoms with van der Waals surface area (Å²) in [6.07, 6.45) is 52.7. The normalized spacial score (nSPS) is 14.5. The molecule has 0 rings (SSSR count). The largest absolute Gasteiger partial charge is 0.392 e. The summed E-state index contributed by atoms with van der Waals surface area (Å²) in [5.74, 6) is 0. The Bertz CT molecular complexity index is 929. The SMILES string of the molecule is CCCCCC/C=C\C/C=C\CCC(O)CNCCN(C)CCN(CC(O)CC/C=C\C/C=C\CCCCCC)CC(O)CC/C=C\C/C=C\CCCCCC. The fraction of sp³-hybridized carbons (Fsp3) is 0.760. The Kier molecular flexibility index (Phi) is 42.9. The smallest absolute Gasteiger partial charge is 0.0670 e. The van der Waals surface area contributed by atoms with Crippen LogP contribution in [-0.2, 0) is 0 Å². The molecule has 0 saturated heterocycles. The molecule has 6 nitrogen and oxygen atoms in total. The fourth-order valence-electron chi connectivity index (χ4n) is 6.55. The summed E-state index contributed by atoms with van der Waals surface area (Å²) in [4.78, 5) is 4.54. The molecule has 0 bridgehead atoms. The number of likely N-dealkylation sites (N-methyl/N-ethyl adjacent to an activating group) is 1. The lowest BCUT2D eigenvalue weighted by Gasteiger charge is -2.29. The van der Waals surface area contributed by atoms with E-state index in [-0.39, 0.29) is 6.10 Å². The standard InChI is InChI=1S/C50H93N3O3/c1-5-8-11-14-17-20-23-26-29-32-35-38-48(54)45-51-41-42-52(4)43-44-53(46-49(55)39-36-33-30-27-24-21-18-15-12-9-6-2)47-50(56)40-37-34-31-28-25-22-19-16-13-10-7-3/h20-25,29-34,48-51,54-56H,5-19,26-28,35-47H2,1-4H3/b23-20-,24-21-,25-22-,32-29-,33-30-,34-31-. The van der Waals surface area contributed by atoms with Crippen LogP contribution in [0.3, 0.4) is 0 Å². The van der Waals surface area contributed by atoms with Gasteiger partial charge in [0.25, 0.3) is 0 Å². The topological polar surface area (TPSA) is 79.2 Å². The predicted octanol–water partition coefficient (Wildman–Crippen LogP) is 11.7. The van der Waals surface area contributed by atoms with Gasteiger partial charge in [0, 0.05) is 45.8 Å². The van der Waals surface area contributed by atoms with Crippen molar-refractivity contribution < 1.29 is 15.3 Å². The van der Waals surface area contributed by atoms with Gasteiger partial charge in [-0.05, 0) is 103 Å². The highest BCUT2D eigenvalue weighted by Crippen LogP contribution is 2.09. The molecule has 6 heteroatoms. The zero-order valence-electron chi connectivity index (χ0n) is 37.3. The van der Waals surface area contributed by atoms with Crippen molar-refractivity contribution in [2.24, 2.45) is 0 Å². The van der Waals surface area contributed by atoms with Crippen LogP contribution in [0, 0.1) is 0 Å². The van der Waals surface area contributed by atoms with Gasteiger partial charge in [-0.25, -0.2) is 0 Å². The lowest BCUT2D eigenvalue weighted by Crippen LogP contribution is -2.43. The molecular weight excluding hydrogens is 691 g/mol. The first-order chi connectivity index (χ1) is 27.4. The van der Waals surface area contributed by atoms with E-state index >= 15 is 0 Å². The van der Waals surface area contributed by atoms with Crippen LogP contribution in [0.2, 0.25) is 0 Å². The second kappa shape index (κ2) is 44.3. The molecular formula is C50H93N3O3. The lowest BCUT2D eigenvalue weighted by atomic mass is 10.1. The van der Waals surface area contributed by atoms with Gasteiger partial charge < -0.3 is 25.5 Å². The Morgan fingerprint density at radius 2 is 0.804 bits per heavy atom. The van der Waals surface area contributed by atoms with Gasteiger partial charge in [0.1, 0.15) is 0 Å². The Morgan fingerprint density at radius 3 is 1.20 bits per heavy atom. The van der Waals surface area contributed by atoms with Gasteiger partial charge >= 0.3 is 0 Å². The van der Waals surface area contributed by atoms with E-state index in [1.165, 1.54) is 96.3 Å². The third-order valence-corrected chi connectivity index (χ3v) is 10.3. The van der Waals surface area contributed by atoms with Gasteiger partial charge in [0.05, 0.1) is 18.3 Å². The van der Waals surface area contributed by atoms with Crippen molar-refractivity contribution in [1.29, 1.82) is 0 Å². The number of unbranched alkanes of at least 4 members (excludes halogenated alkanes) is 12. The van der Waals surface area contributed by atoms with E-state index in [1.807, 2.05) is 0 Å². The van der Waals surface area contributed by atoms with Crippen LogP contribution in [0.25, 0.3) is 0 Å². The summed E-state index contributed by atoms with van der Waals surface area (Å²) >= 11 is 0. The average Bonchev–Trinajstić information content (AvgIpc) is 3.18.